The molecule has 2 N–H and O–H groups in total. The number of rotatable bonds is 5. The summed E-state index contributed by atoms with van der Waals surface area (Å²) in [6.07, 6.45) is 0. The van der Waals surface area contributed by atoms with Gasteiger partial charge in [-0.25, -0.2) is 0 Å². The maximum absolute atomic E-state index is 12.0. The smallest absolute Gasteiger partial charge is 0.279 e. The third-order valence-electron chi connectivity index (χ3n) is 3.22. The van der Waals surface area contributed by atoms with E-state index >= 15 is 0 Å². The van der Waals surface area contributed by atoms with Crippen LogP contribution in [0.4, 0.5) is 5.69 Å². The minimum atomic E-state index is 0.0296. The van der Waals surface area contributed by atoms with Crippen LogP contribution in [0.1, 0.15) is 11.1 Å². The van der Waals surface area contributed by atoms with E-state index in [9.17, 15) is 4.79 Å². The Hall–Kier alpha value is -1.65. The van der Waals surface area contributed by atoms with Crippen molar-refractivity contribution in [2.45, 2.75) is 13.5 Å². The van der Waals surface area contributed by atoms with Crippen molar-refractivity contribution in [2.24, 2.45) is 0 Å². The predicted octanol–water partition coefficient (Wildman–Crippen LogP) is 2.41. The van der Waals surface area contributed by atoms with Crippen LogP contribution in [0, 0.1) is 6.92 Å². The third-order valence-corrected chi connectivity index (χ3v) is 3.75. The monoisotopic (exact) mass is 347 g/mol. The number of benzene rings is 2. The minimum Gasteiger partial charge on any atom is -0.326 e. The standard InChI is InChI=1S/C17H19BrN2O/c1-13-3-5-14(6-4-13)11-20(2)12-17(21)19-16-9-7-15(18)8-10-16/h3-10H,11-12H2,1-2H3,(H,19,21)/p+1. The van der Waals surface area contributed by atoms with E-state index in [0.717, 1.165) is 21.6 Å². The molecule has 1 unspecified atom stereocenters. The highest BCUT2D eigenvalue weighted by atomic mass is 79.9. The Morgan fingerprint density at radius 3 is 2.33 bits per heavy atom. The van der Waals surface area contributed by atoms with Crippen LogP contribution in [0.3, 0.4) is 0 Å². The first-order valence-corrected chi connectivity index (χ1v) is 7.74. The molecule has 0 aliphatic carbocycles. The van der Waals surface area contributed by atoms with Crippen molar-refractivity contribution in [3.8, 4) is 0 Å². The molecule has 0 fully saturated rings. The number of hydrogen-bond acceptors (Lipinski definition) is 1. The Labute approximate surface area is 134 Å². The van der Waals surface area contributed by atoms with Crippen molar-refractivity contribution < 1.29 is 9.69 Å². The zero-order valence-electron chi connectivity index (χ0n) is 12.3. The molecule has 0 bridgehead atoms. The zero-order valence-corrected chi connectivity index (χ0v) is 13.9. The summed E-state index contributed by atoms with van der Waals surface area (Å²) in [4.78, 5) is 13.2. The normalized spacial score (nSPS) is 12.0. The summed E-state index contributed by atoms with van der Waals surface area (Å²) < 4.78 is 1.00. The molecule has 0 aromatic heterocycles. The third kappa shape index (κ3) is 5.33. The van der Waals surface area contributed by atoms with Gasteiger partial charge in [0.2, 0.25) is 0 Å². The lowest BCUT2D eigenvalue weighted by atomic mass is 10.1. The fourth-order valence-electron chi connectivity index (χ4n) is 2.13. The number of halogens is 1. The molecule has 110 valence electrons. The highest BCUT2D eigenvalue weighted by Gasteiger charge is 2.10. The van der Waals surface area contributed by atoms with Crippen molar-refractivity contribution in [3.63, 3.8) is 0 Å². The predicted molar refractivity (Wildman–Crippen MR) is 89.4 cm³/mol. The van der Waals surface area contributed by atoms with E-state index in [1.807, 2.05) is 31.3 Å². The number of nitrogens with one attached hydrogen (secondary N) is 2. The second-order valence-corrected chi connectivity index (χ2v) is 6.27. The van der Waals surface area contributed by atoms with Crippen LogP contribution >= 0.6 is 15.9 Å². The highest BCUT2D eigenvalue weighted by molar-refractivity contribution is 9.10. The van der Waals surface area contributed by atoms with Crippen LogP contribution in [0.25, 0.3) is 0 Å². The van der Waals surface area contributed by atoms with Crippen LogP contribution in [-0.4, -0.2) is 19.5 Å². The summed E-state index contributed by atoms with van der Waals surface area (Å²) in [7, 11) is 2.03. The van der Waals surface area contributed by atoms with Crippen LogP contribution in [0.2, 0.25) is 0 Å². The summed E-state index contributed by atoms with van der Waals surface area (Å²) in [5, 5.41) is 2.91. The molecule has 0 radical (unpaired) electrons. The molecule has 0 saturated heterocycles. The van der Waals surface area contributed by atoms with Crippen molar-refractivity contribution >= 4 is 27.5 Å². The quantitative estimate of drug-likeness (QED) is 0.855. The van der Waals surface area contributed by atoms with Gasteiger partial charge in [-0.1, -0.05) is 45.8 Å². The zero-order chi connectivity index (χ0) is 15.2. The number of aryl methyl sites for hydroxylation is 1. The molecule has 2 rings (SSSR count). The Morgan fingerprint density at radius 1 is 1.10 bits per heavy atom. The lowest BCUT2D eigenvalue weighted by Gasteiger charge is -2.14. The lowest BCUT2D eigenvalue weighted by Crippen LogP contribution is -3.08. The Morgan fingerprint density at radius 2 is 1.71 bits per heavy atom. The summed E-state index contributed by atoms with van der Waals surface area (Å²) >= 11 is 3.38. The second-order valence-electron chi connectivity index (χ2n) is 5.35. The van der Waals surface area contributed by atoms with E-state index in [1.54, 1.807) is 0 Å². The molecule has 0 aliphatic rings. The van der Waals surface area contributed by atoms with Gasteiger partial charge in [0, 0.05) is 15.7 Å². The molecule has 2 aromatic rings. The topological polar surface area (TPSA) is 33.5 Å². The lowest BCUT2D eigenvalue weighted by molar-refractivity contribution is -0.885. The van der Waals surface area contributed by atoms with Gasteiger partial charge in [0.25, 0.3) is 5.91 Å². The molecular weight excluding hydrogens is 328 g/mol. The number of likely N-dealkylation sites (N-methyl/N-ethyl adjacent to an activating group) is 1. The molecule has 0 spiro atoms. The van der Waals surface area contributed by atoms with Gasteiger partial charge in [0.1, 0.15) is 6.54 Å². The van der Waals surface area contributed by atoms with Gasteiger partial charge < -0.3 is 10.2 Å². The van der Waals surface area contributed by atoms with Crippen molar-refractivity contribution in [1.29, 1.82) is 0 Å². The van der Waals surface area contributed by atoms with Gasteiger partial charge in [0.05, 0.1) is 7.05 Å². The van der Waals surface area contributed by atoms with Gasteiger partial charge in [-0.2, -0.15) is 0 Å². The minimum absolute atomic E-state index is 0.0296. The molecule has 0 aliphatic heterocycles. The molecule has 1 atom stereocenters. The van der Waals surface area contributed by atoms with E-state index < -0.39 is 0 Å². The number of amides is 1. The van der Waals surface area contributed by atoms with E-state index in [-0.39, 0.29) is 5.91 Å². The maximum Gasteiger partial charge on any atom is 0.279 e. The van der Waals surface area contributed by atoms with E-state index in [4.69, 9.17) is 0 Å². The van der Waals surface area contributed by atoms with Crippen molar-refractivity contribution in [3.05, 3.63) is 64.1 Å². The summed E-state index contributed by atoms with van der Waals surface area (Å²) in [5.41, 5.74) is 3.32. The Balaban J connectivity index is 1.84. The molecule has 3 nitrogen and oxygen atoms in total. The van der Waals surface area contributed by atoms with Crippen LogP contribution in [0.5, 0.6) is 0 Å². The first kappa shape index (κ1) is 15.7. The van der Waals surface area contributed by atoms with Gasteiger partial charge >= 0.3 is 0 Å². The van der Waals surface area contributed by atoms with Crippen LogP contribution in [-0.2, 0) is 11.3 Å². The fourth-order valence-corrected chi connectivity index (χ4v) is 2.39. The Kier molecular flexibility index (Phi) is 5.53. The summed E-state index contributed by atoms with van der Waals surface area (Å²) in [6.45, 7) is 3.37. The van der Waals surface area contributed by atoms with E-state index in [0.29, 0.717) is 6.54 Å². The van der Waals surface area contributed by atoms with Crippen LogP contribution in [0.15, 0.2) is 53.0 Å². The first-order chi connectivity index (χ1) is 10.0. The largest absolute Gasteiger partial charge is 0.326 e. The number of carbonyl (C=O) groups is 1. The highest BCUT2D eigenvalue weighted by Crippen LogP contribution is 2.13. The van der Waals surface area contributed by atoms with E-state index in [1.165, 1.54) is 11.1 Å². The molecular formula is C17H20BrN2O+. The molecule has 1 amide bonds. The SMILES string of the molecule is Cc1ccc(C[NH+](C)CC(=O)Nc2ccc(Br)cc2)cc1. The summed E-state index contributed by atoms with van der Waals surface area (Å²) in [5.74, 6) is 0.0296. The van der Waals surface area contributed by atoms with Gasteiger partial charge in [-0.3, -0.25) is 4.79 Å². The first-order valence-electron chi connectivity index (χ1n) is 6.95. The molecule has 4 heteroatoms. The van der Waals surface area contributed by atoms with Crippen LogP contribution < -0.4 is 10.2 Å². The fraction of sp³-hybridized carbons (Fsp3) is 0.235. The maximum atomic E-state index is 12.0. The number of hydrogen-bond donors (Lipinski definition) is 2. The second kappa shape index (κ2) is 7.38. The van der Waals surface area contributed by atoms with Crippen molar-refractivity contribution in [2.75, 3.05) is 18.9 Å². The molecule has 21 heavy (non-hydrogen) atoms. The van der Waals surface area contributed by atoms with E-state index in [2.05, 4.69) is 52.4 Å². The molecule has 0 heterocycles. The number of quaternary nitrogens is 1. The average molecular weight is 348 g/mol. The van der Waals surface area contributed by atoms with Gasteiger partial charge in [-0.15, -0.1) is 0 Å². The number of anilines is 1. The number of carbonyl (C=O) groups excluding carboxylic acids is 1. The van der Waals surface area contributed by atoms with Gasteiger partial charge in [-0.05, 0) is 31.2 Å². The summed E-state index contributed by atoms with van der Waals surface area (Å²) in [6, 6.07) is 16.0. The molecule has 2 aromatic carbocycles. The average Bonchev–Trinajstić information content (AvgIpc) is 2.44. The molecule has 0 saturated carbocycles. The van der Waals surface area contributed by atoms with Gasteiger partial charge in [0.15, 0.2) is 6.54 Å². The Bertz CT molecular complexity index is 593. The van der Waals surface area contributed by atoms with Crippen molar-refractivity contribution in [1.82, 2.24) is 0 Å².